The fourth-order valence-electron chi connectivity index (χ4n) is 5.31. The Kier molecular flexibility index (Phi) is 7.36. The molecule has 166 valence electrons. The molecule has 3 saturated heterocycles. The summed E-state index contributed by atoms with van der Waals surface area (Å²) in [6, 6.07) is 6.72. The van der Waals surface area contributed by atoms with Crippen LogP contribution < -0.4 is 0 Å². The number of hydrogen-bond donors (Lipinski definition) is 1. The van der Waals surface area contributed by atoms with Crippen molar-refractivity contribution >= 4 is 5.91 Å². The Morgan fingerprint density at radius 3 is 2.67 bits per heavy atom. The third-order valence-corrected chi connectivity index (χ3v) is 7.08. The number of rotatable bonds is 6. The van der Waals surface area contributed by atoms with Gasteiger partial charge in [-0.2, -0.15) is 0 Å². The molecule has 1 aromatic heterocycles. The van der Waals surface area contributed by atoms with Crippen molar-refractivity contribution in [2.45, 2.75) is 62.8 Å². The molecule has 1 amide bonds. The average molecular weight is 417 g/mol. The van der Waals surface area contributed by atoms with Crippen LogP contribution in [-0.2, 0) is 16.0 Å². The molecule has 4 heterocycles. The molecule has 0 saturated carbocycles. The van der Waals surface area contributed by atoms with Gasteiger partial charge in [0, 0.05) is 63.7 Å². The normalized spacial score (nSPS) is 27.4. The maximum absolute atomic E-state index is 13.2. The third-order valence-electron chi connectivity index (χ3n) is 7.08. The van der Waals surface area contributed by atoms with Gasteiger partial charge in [-0.1, -0.05) is 6.07 Å². The fourth-order valence-corrected chi connectivity index (χ4v) is 5.31. The zero-order valence-electron chi connectivity index (χ0n) is 18.2. The van der Waals surface area contributed by atoms with Gasteiger partial charge in [-0.3, -0.25) is 14.7 Å². The Morgan fingerprint density at radius 2 is 1.97 bits per heavy atom. The number of likely N-dealkylation sites (N-methyl/N-ethyl adjacent to an activating group) is 1. The number of ether oxygens (including phenoxy) is 1. The van der Waals surface area contributed by atoms with Crippen molar-refractivity contribution < 1.29 is 14.6 Å². The Labute approximate surface area is 180 Å². The number of piperidine rings is 1. The minimum Gasteiger partial charge on any atom is -0.392 e. The van der Waals surface area contributed by atoms with Crippen LogP contribution in [0.3, 0.4) is 0 Å². The van der Waals surface area contributed by atoms with Crippen LogP contribution in [0.1, 0.15) is 37.8 Å². The topological polar surface area (TPSA) is 69.1 Å². The maximum Gasteiger partial charge on any atom is 0.239 e. The highest BCUT2D eigenvalue weighted by Crippen LogP contribution is 2.29. The lowest BCUT2D eigenvalue weighted by molar-refractivity contribution is -0.135. The second-order valence-electron chi connectivity index (χ2n) is 9.04. The van der Waals surface area contributed by atoms with Gasteiger partial charge in [0.15, 0.2) is 0 Å². The quantitative estimate of drug-likeness (QED) is 0.751. The van der Waals surface area contributed by atoms with Gasteiger partial charge in [0.1, 0.15) is 0 Å². The highest BCUT2D eigenvalue weighted by atomic mass is 16.5. The predicted octanol–water partition coefficient (Wildman–Crippen LogP) is 1.16. The second kappa shape index (κ2) is 10.2. The molecule has 1 N–H and O–H groups in total. The summed E-state index contributed by atoms with van der Waals surface area (Å²) in [7, 11) is 1.88. The number of carbonyl (C=O) groups is 1. The second-order valence-corrected chi connectivity index (χ2v) is 9.04. The van der Waals surface area contributed by atoms with Gasteiger partial charge in [0.2, 0.25) is 5.91 Å². The molecule has 3 aliphatic heterocycles. The zero-order valence-corrected chi connectivity index (χ0v) is 18.2. The van der Waals surface area contributed by atoms with Crippen molar-refractivity contribution in [3.63, 3.8) is 0 Å². The molecule has 0 aromatic carbocycles. The Hall–Kier alpha value is -1.54. The van der Waals surface area contributed by atoms with Crippen molar-refractivity contribution in [3.05, 3.63) is 30.1 Å². The fraction of sp³-hybridized carbons (Fsp3) is 0.739. The Balaban J connectivity index is 1.31. The van der Waals surface area contributed by atoms with Crippen molar-refractivity contribution in [2.24, 2.45) is 0 Å². The van der Waals surface area contributed by atoms with Gasteiger partial charge >= 0.3 is 0 Å². The van der Waals surface area contributed by atoms with Crippen molar-refractivity contribution in [2.75, 3.05) is 46.4 Å². The summed E-state index contributed by atoms with van der Waals surface area (Å²) in [5.41, 5.74) is 1.00. The molecule has 0 spiro atoms. The lowest BCUT2D eigenvalue weighted by atomic mass is 9.98. The molecule has 3 aliphatic rings. The van der Waals surface area contributed by atoms with Gasteiger partial charge in [0.05, 0.1) is 12.1 Å². The molecule has 3 fully saturated rings. The highest BCUT2D eigenvalue weighted by molar-refractivity contribution is 5.82. The maximum atomic E-state index is 13.2. The first kappa shape index (κ1) is 21.7. The number of aromatic nitrogens is 1. The van der Waals surface area contributed by atoms with E-state index < -0.39 is 6.10 Å². The minimum atomic E-state index is -0.406. The van der Waals surface area contributed by atoms with Crippen LogP contribution >= 0.6 is 0 Å². The Morgan fingerprint density at radius 1 is 1.20 bits per heavy atom. The molecule has 2 atom stereocenters. The number of hydrogen-bond acceptors (Lipinski definition) is 6. The van der Waals surface area contributed by atoms with Gasteiger partial charge < -0.3 is 19.6 Å². The average Bonchev–Trinajstić information content (AvgIpc) is 3.20. The molecule has 7 heteroatoms. The van der Waals surface area contributed by atoms with E-state index in [2.05, 4.69) is 14.8 Å². The van der Waals surface area contributed by atoms with E-state index in [0.29, 0.717) is 31.6 Å². The summed E-state index contributed by atoms with van der Waals surface area (Å²) in [4.78, 5) is 24.3. The first-order chi connectivity index (χ1) is 14.6. The van der Waals surface area contributed by atoms with Gasteiger partial charge in [-0.05, 0) is 57.3 Å². The predicted molar refractivity (Wildman–Crippen MR) is 115 cm³/mol. The summed E-state index contributed by atoms with van der Waals surface area (Å²) in [6.45, 7) is 5.19. The number of pyridine rings is 1. The number of carbonyl (C=O) groups excluding carboxylic acids is 1. The number of aliphatic hydroxyl groups excluding tert-OH is 1. The van der Waals surface area contributed by atoms with E-state index in [0.717, 1.165) is 64.1 Å². The monoisotopic (exact) mass is 416 g/mol. The molecule has 7 nitrogen and oxygen atoms in total. The molecule has 0 unspecified atom stereocenters. The van der Waals surface area contributed by atoms with Crippen LogP contribution in [0.25, 0.3) is 0 Å². The van der Waals surface area contributed by atoms with Crippen LogP contribution in [0.2, 0.25) is 0 Å². The van der Waals surface area contributed by atoms with E-state index in [9.17, 15) is 9.90 Å². The molecule has 30 heavy (non-hydrogen) atoms. The van der Waals surface area contributed by atoms with Crippen LogP contribution in [0.4, 0.5) is 0 Å². The summed E-state index contributed by atoms with van der Waals surface area (Å²) in [5, 5.41) is 10.3. The molecule has 0 radical (unpaired) electrons. The lowest BCUT2D eigenvalue weighted by Crippen LogP contribution is -2.53. The third kappa shape index (κ3) is 5.19. The Bertz CT molecular complexity index is 674. The van der Waals surface area contributed by atoms with E-state index in [-0.39, 0.29) is 11.9 Å². The summed E-state index contributed by atoms with van der Waals surface area (Å²) in [6.07, 6.45) is 7.10. The first-order valence-electron chi connectivity index (χ1n) is 11.5. The number of likely N-dealkylation sites (tertiary alicyclic amines) is 2. The van der Waals surface area contributed by atoms with Crippen LogP contribution in [0, 0.1) is 0 Å². The minimum absolute atomic E-state index is 0.134. The summed E-state index contributed by atoms with van der Waals surface area (Å²) < 4.78 is 5.51. The lowest BCUT2D eigenvalue weighted by Gasteiger charge is -2.43. The number of amides is 1. The van der Waals surface area contributed by atoms with Crippen molar-refractivity contribution in [1.29, 1.82) is 0 Å². The number of nitrogens with zero attached hydrogens (tertiary/aromatic N) is 4. The van der Waals surface area contributed by atoms with E-state index in [1.54, 1.807) is 6.20 Å². The molecule has 1 aromatic rings. The first-order valence-corrected chi connectivity index (χ1v) is 11.5. The number of β-amino-alcohol motifs (C(OH)–C–C–N with tert-alkyl or cyclic N) is 1. The van der Waals surface area contributed by atoms with E-state index in [1.165, 1.54) is 0 Å². The van der Waals surface area contributed by atoms with Gasteiger partial charge in [-0.15, -0.1) is 0 Å². The van der Waals surface area contributed by atoms with Crippen LogP contribution in [-0.4, -0.2) is 101 Å². The van der Waals surface area contributed by atoms with Crippen LogP contribution in [0.15, 0.2) is 24.4 Å². The van der Waals surface area contributed by atoms with Crippen molar-refractivity contribution in [1.82, 2.24) is 19.7 Å². The van der Waals surface area contributed by atoms with E-state index >= 15 is 0 Å². The summed E-state index contributed by atoms with van der Waals surface area (Å²) in [5.74, 6) is 0.134. The largest absolute Gasteiger partial charge is 0.392 e. The van der Waals surface area contributed by atoms with Gasteiger partial charge in [0.25, 0.3) is 0 Å². The molecule has 0 aliphatic carbocycles. The summed E-state index contributed by atoms with van der Waals surface area (Å²) >= 11 is 0. The highest BCUT2D eigenvalue weighted by Gasteiger charge is 2.42. The zero-order chi connectivity index (χ0) is 20.9. The molecule has 0 bridgehead atoms. The molecular weight excluding hydrogens is 380 g/mol. The van der Waals surface area contributed by atoms with E-state index in [1.807, 2.05) is 30.1 Å². The number of aliphatic hydroxyl groups is 1. The smallest absolute Gasteiger partial charge is 0.239 e. The standard InChI is InChI=1S/C23H36N4O3/c1-25(11-5-18-4-2-3-10-24-18)23(29)22-16-21(28)17-27(22)20-6-12-26(13-7-20)19-8-14-30-15-9-19/h2-4,10,19-22,28H,5-9,11-17H2,1H3/t21-,22+/m1/s1. The van der Waals surface area contributed by atoms with Crippen molar-refractivity contribution in [3.8, 4) is 0 Å². The molecular formula is C23H36N4O3. The SMILES string of the molecule is CN(CCc1ccccn1)C(=O)[C@@H]1C[C@@H](O)CN1C1CCN(C2CCOCC2)CC1. The van der Waals surface area contributed by atoms with Gasteiger partial charge in [-0.25, -0.2) is 0 Å². The van der Waals surface area contributed by atoms with Crippen LogP contribution in [0.5, 0.6) is 0 Å². The van der Waals surface area contributed by atoms with E-state index in [4.69, 9.17) is 4.74 Å². The molecule has 4 rings (SSSR count).